The van der Waals surface area contributed by atoms with Crippen LogP contribution >= 0.6 is 0 Å². The van der Waals surface area contributed by atoms with Gasteiger partial charge in [-0.1, -0.05) is 42.5 Å². The maximum Gasteiger partial charge on any atom is 0.138 e. The van der Waals surface area contributed by atoms with Crippen molar-refractivity contribution in [3.63, 3.8) is 0 Å². The largest absolute Gasteiger partial charge is 0.456 e. The van der Waals surface area contributed by atoms with Gasteiger partial charge in [0, 0.05) is 63.4 Å². The van der Waals surface area contributed by atoms with Crippen molar-refractivity contribution in [1.82, 2.24) is 9.97 Å². The summed E-state index contributed by atoms with van der Waals surface area (Å²) in [6.07, 6.45) is 7.23. The molecule has 0 amide bonds. The normalized spacial score (nSPS) is 11.6. The molecule has 0 atom stereocenters. The molecule has 4 heterocycles. The van der Waals surface area contributed by atoms with Crippen molar-refractivity contribution in [1.29, 1.82) is 0 Å². The van der Waals surface area contributed by atoms with Crippen molar-refractivity contribution >= 4 is 60.9 Å². The zero-order valence-corrected chi connectivity index (χ0v) is 20.8. The topological polar surface area (TPSA) is 55.3 Å². The van der Waals surface area contributed by atoms with E-state index in [0.717, 1.165) is 60.9 Å². The summed E-state index contributed by atoms with van der Waals surface area (Å²) in [4.78, 5) is 10.9. The summed E-state index contributed by atoms with van der Waals surface area (Å²) >= 11 is 0. The molecule has 0 radical (unpaired) electrons. The molecule has 0 fully saturated rings. The summed E-state index contributed by atoms with van der Waals surface area (Å²) < 4.78 is 12.2. The fraction of sp³-hybridized carbons (Fsp3) is 0. The maximum absolute atomic E-state index is 6.08. The molecule has 0 aliphatic rings. The van der Waals surface area contributed by atoms with Gasteiger partial charge in [0.1, 0.15) is 22.3 Å². The first-order valence-corrected chi connectivity index (χ1v) is 12.8. The van der Waals surface area contributed by atoms with Gasteiger partial charge in [-0.2, -0.15) is 0 Å². The zero-order chi connectivity index (χ0) is 25.8. The second-order valence-corrected chi connectivity index (χ2v) is 9.56. The third-order valence-electron chi connectivity index (χ3n) is 7.26. The smallest absolute Gasteiger partial charge is 0.138 e. The fourth-order valence-corrected chi connectivity index (χ4v) is 5.38. The molecule has 0 aliphatic heterocycles. The Morgan fingerprint density at radius 3 is 1.49 bits per heavy atom. The lowest BCUT2D eigenvalue weighted by Crippen LogP contribution is -2.09. The number of hydrogen-bond donors (Lipinski definition) is 0. The van der Waals surface area contributed by atoms with E-state index in [1.54, 1.807) is 12.4 Å². The molecule has 0 N–H and O–H groups in total. The first-order valence-electron chi connectivity index (χ1n) is 12.8. The van der Waals surface area contributed by atoms with Gasteiger partial charge in [-0.05, 0) is 71.8 Å². The lowest BCUT2D eigenvalue weighted by Gasteiger charge is -2.26. The van der Waals surface area contributed by atoms with E-state index in [4.69, 9.17) is 8.83 Å². The lowest BCUT2D eigenvalue weighted by atomic mass is 10.0. The summed E-state index contributed by atoms with van der Waals surface area (Å²) in [5, 5.41) is 4.05. The van der Waals surface area contributed by atoms with Crippen molar-refractivity contribution in [3.05, 3.63) is 128 Å². The van der Waals surface area contributed by atoms with E-state index < -0.39 is 0 Å². The zero-order valence-electron chi connectivity index (χ0n) is 20.8. The first kappa shape index (κ1) is 21.6. The number of benzene rings is 4. The van der Waals surface area contributed by atoms with Crippen LogP contribution in [0.1, 0.15) is 0 Å². The van der Waals surface area contributed by atoms with Crippen LogP contribution in [-0.4, -0.2) is 9.97 Å². The number of hydrogen-bond acceptors (Lipinski definition) is 5. The highest BCUT2D eigenvalue weighted by Crippen LogP contribution is 2.41. The Labute approximate surface area is 223 Å². The van der Waals surface area contributed by atoms with Crippen LogP contribution in [0.3, 0.4) is 0 Å². The Balaban J connectivity index is 1.33. The molecule has 5 nitrogen and oxygen atoms in total. The predicted octanol–water partition coefficient (Wildman–Crippen LogP) is 9.41. The highest BCUT2D eigenvalue weighted by atomic mass is 16.3. The molecule has 0 aliphatic carbocycles. The summed E-state index contributed by atoms with van der Waals surface area (Å²) in [5.41, 5.74) is 8.78. The average molecular weight is 504 g/mol. The third-order valence-corrected chi connectivity index (χ3v) is 7.26. The van der Waals surface area contributed by atoms with E-state index in [2.05, 4.69) is 87.7 Å². The van der Waals surface area contributed by atoms with Crippen molar-refractivity contribution in [2.45, 2.75) is 0 Å². The molecular weight excluding hydrogens is 482 g/mol. The number of furan rings is 2. The van der Waals surface area contributed by atoms with Crippen LogP contribution in [0.25, 0.3) is 55.0 Å². The van der Waals surface area contributed by atoms with Gasteiger partial charge in [-0.25, -0.2) is 0 Å². The van der Waals surface area contributed by atoms with Crippen LogP contribution in [0.15, 0.2) is 137 Å². The van der Waals surface area contributed by atoms with Crippen LogP contribution < -0.4 is 4.90 Å². The second-order valence-electron chi connectivity index (χ2n) is 9.56. The fourth-order valence-electron chi connectivity index (χ4n) is 5.38. The molecule has 0 saturated heterocycles. The van der Waals surface area contributed by atoms with Crippen LogP contribution in [0.5, 0.6) is 0 Å². The van der Waals surface area contributed by atoms with Gasteiger partial charge in [-0.15, -0.1) is 0 Å². The van der Waals surface area contributed by atoms with Crippen LogP contribution in [0.2, 0.25) is 0 Å². The van der Waals surface area contributed by atoms with Gasteiger partial charge < -0.3 is 13.7 Å². The second kappa shape index (κ2) is 8.57. The van der Waals surface area contributed by atoms with Gasteiger partial charge in [0.25, 0.3) is 0 Å². The van der Waals surface area contributed by atoms with E-state index in [1.807, 2.05) is 42.7 Å². The summed E-state index contributed by atoms with van der Waals surface area (Å²) in [6, 6.07) is 35.5. The Bertz CT molecular complexity index is 2010. The number of fused-ring (bicyclic) bond motifs is 6. The van der Waals surface area contributed by atoms with Gasteiger partial charge >= 0.3 is 0 Å². The number of aromatic nitrogens is 2. The van der Waals surface area contributed by atoms with E-state index >= 15 is 0 Å². The number of nitrogens with zero attached hydrogens (tertiary/aromatic N) is 3. The lowest BCUT2D eigenvalue weighted by molar-refractivity contribution is 0.668. The Kier molecular flexibility index (Phi) is 4.76. The molecule has 0 spiro atoms. The molecule has 5 heteroatoms. The van der Waals surface area contributed by atoms with Crippen molar-refractivity contribution < 1.29 is 8.83 Å². The Morgan fingerprint density at radius 2 is 0.923 bits per heavy atom. The minimum atomic E-state index is 0.828. The summed E-state index contributed by atoms with van der Waals surface area (Å²) in [7, 11) is 0. The van der Waals surface area contributed by atoms with Crippen LogP contribution in [0.4, 0.5) is 17.1 Å². The van der Waals surface area contributed by atoms with E-state index in [1.165, 1.54) is 11.1 Å². The van der Waals surface area contributed by atoms with Gasteiger partial charge in [0.05, 0.1) is 0 Å². The third kappa shape index (κ3) is 3.55. The van der Waals surface area contributed by atoms with Crippen molar-refractivity contribution in [2.24, 2.45) is 0 Å². The standard InChI is InChI=1S/C34H21N3O2/c1-2-4-22(5-3-1)23-6-8-24(9-7-23)37(25-10-12-31-27(18-25)29-20-35-16-14-33(29)38-31)26-11-13-32-28(19-26)30-21-36-17-15-34(30)39-32/h1-21H. The van der Waals surface area contributed by atoms with Gasteiger partial charge in [0.2, 0.25) is 0 Å². The van der Waals surface area contributed by atoms with E-state index in [-0.39, 0.29) is 0 Å². The molecule has 4 aromatic carbocycles. The molecule has 0 saturated carbocycles. The first-order chi connectivity index (χ1) is 19.3. The van der Waals surface area contributed by atoms with Crippen LogP contribution in [-0.2, 0) is 0 Å². The summed E-state index contributed by atoms with van der Waals surface area (Å²) in [6.45, 7) is 0. The molecule has 39 heavy (non-hydrogen) atoms. The maximum atomic E-state index is 6.08. The number of anilines is 3. The monoisotopic (exact) mass is 503 g/mol. The molecular formula is C34H21N3O2. The minimum absolute atomic E-state index is 0.828. The highest BCUT2D eigenvalue weighted by molar-refractivity contribution is 6.08. The van der Waals surface area contributed by atoms with Crippen molar-refractivity contribution in [2.75, 3.05) is 4.90 Å². The molecule has 184 valence electrons. The van der Waals surface area contributed by atoms with E-state index in [9.17, 15) is 0 Å². The average Bonchev–Trinajstić information content (AvgIpc) is 3.56. The minimum Gasteiger partial charge on any atom is -0.456 e. The molecule has 8 aromatic rings. The quantitative estimate of drug-likeness (QED) is 0.239. The van der Waals surface area contributed by atoms with Crippen LogP contribution in [0, 0.1) is 0 Å². The summed E-state index contributed by atoms with van der Waals surface area (Å²) in [5.74, 6) is 0. The van der Waals surface area contributed by atoms with E-state index in [0.29, 0.717) is 0 Å². The molecule has 0 unspecified atom stereocenters. The Hall–Kier alpha value is -5.42. The van der Waals surface area contributed by atoms with Gasteiger partial charge in [-0.3, -0.25) is 9.97 Å². The molecule has 4 aromatic heterocycles. The SMILES string of the molecule is c1ccc(-c2ccc(N(c3ccc4oc5ccncc5c4c3)c3ccc4oc5ccncc5c4c3)cc2)cc1. The highest BCUT2D eigenvalue weighted by Gasteiger charge is 2.17. The number of pyridine rings is 2. The molecule has 0 bridgehead atoms. The predicted molar refractivity (Wildman–Crippen MR) is 157 cm³/mol. The Morgan fingerprint density at radius 1 is 0.436 bits per heavy atom. The number of rotatable bonds is 4. The van der Waals surface area contributed by atoms with Crippen molar-refractivity contribution in [3.8, 4) is 11.1 Å². The van der Waals surface area contributed by atoms with Gasteiger partial charge in [0.15, 0.2) is 0 Å². The molecule has 8 rings (SSSR count).